The van der Waals surface area contributed by atoms with Crippen LogP contribution in [0.15, 0.2) is 29.0 Å². The molecule has 2 aromatic rings. The van der Waals surface area contributed by atoms with Crippen LogP contribution in [0.4, 0.5) is 5.69 Å². The molecule has 3 rings (SSSR count). The highest BCUT2D eigenvalue weighted by atomic mass is 32.2. The van der Waals surface area contributed by atoms with Crippen LogP contribution in [0, 0.1) is 0 Å². The van der Waals surface area contributed by atoms with Crippen molar-refractivity contribution in [1.82, 2.24) is 14.4 Å². The predicted octanol–water partition coefficient (Wildman–Crippen LogP) is 0.999. The van der Waals surface area contributed by atoms with Gasteiger partial charge in [0.15, 0.2) is 0 Å². The number of nitrogens with one attached hydrogen (secondary N) is 1. The minimum Gasteiger partial charge on any atom is -0.378 e. The molecule has 0 saturated carbocycles. The summed E-state index contributed by atoms with van der Waals surface area (Å²) in [5.41, 5.74) is 2.48. The van der Waals surface area contributed by atoms with Gasteiger partial charge in [0.25, 0.3) is 0 Å². The smallest absolute Gasteiger partial charge is 0.211 e. The molecule has 0 fully saturated rings. The minimum atomic E-state index is -3.20. The van der Waals surface area contributed by atoms with Crippen LogP contribution in [0.1, 0.15) is 17.0 Å². The quantitative estimate of drug-likeness (QED) is 0.906. The Bertz CT molecular complexity index is 727. The van der Waals surface area contributed by atoms with E-state index in [1.54, 1.807) is 12.4 Å². The second-order valence-corrected chi connectivity index (χ2v) is 6.96. The lowest BCUT2D eigenvalue weighted by atomic mass is 10.1. The molecular formula is C13H16N4O3S. The minimum absolute atomic E-state index is 0.321. The maximum Gasteiger partial charge on any atom is 0.211 e. The summed E-state index contributed by atoms with van der Waals surface area (Å²) in [4.78, 5) is 4.02. The maximum absolute atomic E-state index is 11.7. The van der Waals surface area contributed by atoms with E-state index in [4.69, 9.17) is 4.52 Å². The van der Waals surface area contributed by atoms with Crippen molar-refractivity contribution in [1.29, 1.82) is 0 Å². The van der Waals surface area contributed by atoms with Crippen LogP contribution in [0.3, 0.4) is 0 Å². The van der Waals surface area contributed by atoms with Gasteiger partial charge in [-0.05, 0) is 12.1 Å². The van der Waals surface area contributed by atoms with Crippen molar-refractivity contribution < 1.29 is 12.9 Å². The van der Waals surface area contributed by atoms with E-state index in [-0.39, 0.29) is 0 Å². The zero-order valence-electron chi connectivity index (χ0n) is 11.6. The van der Waals surface area contributed by atoms with Crippen LogP contribution in [-0.2, 0) is 29.5 Å². The summed E-state index contributed by atoms with van der Waals surface area (Å²) in [7, 11) is -3.20. The van der Waals surface area contributed by atoms with Crippen LogP contribution in [0.5, 0.6) is 0 Å². The van der Waals surface area contributed by atoms with E-state index < -0.39 is 10.0 Å². The lowest BCUT2D eigenvalue weighted by Crippen LogP contribution is -2.35. The van der Waals surface area contributed by atoms with Crippen LogP contribution in [-0.4, -0.2) is 35.7 Å². The van der Waals surface area contributed by atoms with Gasteiger partial charge in [-0.1, -0.05) is 5.16 Å². The maximum atomic E-state index is 11.7. The molecule has 0 aliphatic carbocycles. The number of aromatic nitrogens is 2. The van der Waals surface area contributed by atoms with Crippen LogP contribution < -0.4 is 5.32 Å². The van der Waals surface area contributed by atoms with Gasteiger partial charge < -0.3 is 9.84 Å². The van der Waals surface area contributed by atoms with E-state index in [1.165, 1.54) is 10.6 Å². The van der Waals surface area contributed by atoms with Gasteiger partial charge in [0, 0.05) is 37.5 Å². The fourth-order valence-corrected chi connectivity index (χ4v) is 3.10. The third-order valence-electron chi connectivity index (χ3n) is 3.46. The molecule has 0 amide bonds. The van der Waals surface area contributed by atoms with Crippen molar-refractivity contribution >= 4 is 15.7 Å². The number of pyridine rings is 1. The van der Waals surface area contributed by atoms with Crippen molar-refractivity contribution in [3.05, 3.63) is 41.5 Å². The largest absolute Gasteiger partial charge is 0.378 e. The first-order chi connectivity index (χ1) is 10.0. The Morgan fingerprint density at radius 1 is 1.48 bits per heavy atom. The van der Waals surface area contributed by atoms with E-state index in [0.29, 0.717) is 26.1 Å². The molecule has 0 bridgehead atoms. The fraction of sp³-hybridized carbons (Fsp3) is 0.385. The van der Waals surface area contributed by atoms with Crippen molar-refractivity contribution in [2.45, 2.75) is 19.5 Å². The summed E-state index contributed by atoms with van der Waals surface area (Å²) >= 11 is 0. The number of fused-ring (bicyclic) bond motifs is 1. The van der Waals surface area contributed by atoms with Gasteiger partial charge in [0.1, 0.15) is 11.5 Å². The first-order valence-corrected chi connectivity index (χ1v) is 8.44. The van der Waals surface area contributed by atoms with Gasteiger partial charge in [-0.25, -0.2) is 8.42 Å². The molecular weight excluding hydrogens is 292 g/mol. The molecule has 0 radical (unpaired) electrons. The standard InChI is InChI=1S/C13H16N4O3S/c1-21(18,19)17-6-4-13-11(9-17)12(16-20-13)8-15-10-3-2-5-14-7-10/h2-3,5,7,15H,4,6,8-9H2,1H3. The molecule has 112 valence electrons. The highest BCUT2D eigenvalue weighted by molar-refractivity contribution is 7.88. The van der Waals surface area contributed by atoms with Gasteiger partial charge in [0.2, 0.25) is 10.0 Å². The molecule has 1 aliphatic heterocycles. The van der Waals surface area contributed by atoms with Gasteiger partial charge in [-0.2, -0.15) is 4.31 Å². The molecule has 0 unspecified atom stereocenters. The summed E-state index contributed by atoms with van der Waals surface area (Å²) < 4.78 is 30.1. The number of hydrogen-bond acceptors (Lipinski definition) is 6. The highest BCUT2D eigenvalue weighted by Gasteiger charge is 2.28. The lowest BCUT2D eigenvalue weighted by molar-refractivity contribution is 0.332. The molecule has 3 heterocycles. The first kappa shape index (κ1) is 14.0. The Morgan fingerprint density at radius 3 is 3.05 bits per heavy atom. The van der Waals surface area contributed by atoms with Crippen molar-refractivity contribution in [2.24, 2.45) is 0 Å². The Morgan fingerprint density at radius 2 is 2.33 bits per heavy atom. The molecule has 0 atom stereocenters. The normalized spacial score (nSPS) is 15.7. The summed E-state index contributed by atoms with van der Waals surface area (Å²) in [6.07, 6.45) is 5.20. The molecule has 1 N–H and O–H groups in total. The average molecular weight is 308 g/mol. The molecule has 0 aromatic carbocycles. The monoisotopic (exact) mass is 308 g/mol. The van der Waals surface area contributed by atoms with Gasteiger partial charge >= 0.3 is 0 Å². The van der Waals surface area contributed by atoms with Gasteiger partial charge in [-0.15, -0.1) is 0 Å². The Kier molecular flexibility index (Phi) is 3.64. The van der Waals surface area contributed by atoms with Crippen LogP contribution in [0.2, 0.25) is 0 Å². The molecule has 0 saturated heterocycles. The molecule has 21 heavy (non-hydrogen) atoms. The molecule has 2 aromatic heterocycles. The van der Waals surface area contributed by atoms with E-state index >= 15 is 0 Å². The molecule has 0 spiro atoms. The Hall–Kier alpha value is -1.93. The van der Waals surface area contributed by atoms with Crippen molar-refractivity contribution in [3.8, 4) is 0 Å². The topological polar surface area (TPSA) is 88.3 Å². The summed E-state index contributed by atoms with van der Waals surface area (Å²) in [6.45, 7) is 1.24. The highest BCUT2D eigenvalue weighted by Crippen LogP contribution is 2.24. The van der Waals surface area contributed by atoms with Crippen molar-refractivity contribution in [2.75, 3.05) is 18.1 Å². The Labute approximate surface area is 123 Å². The van der Waals surface area contributed by atoms with E-state index in [0.717, 1.165) is 22.7 Å². The number of sulfonamides is 1. The summed E-state index contributed by atoms with van der Waals surface area (Å²) in [5.74, 6) is 0.776. The predicted molar refractivity (Wildman–Crippen MR) is 77.0 cm³/mol. The first-order valence-electron chi connectivity index (χ1n) is 6.59. The third-order valence-corrected chi connectivity index (χ3v) is 4.71. The van der Waals surface area contributed by atoms with Crippen molar-refractivity contribution in [3.63, 3.8) is 0 Å². The summed E-state index contributed by atoms with van der Waals surface area (Å²) in [6, 6.07) is 3.74. The zero-order chi connectivity index (χ0) is 14.9. The van der Waals surface area contributed by atoms with E-state index in [9.17, 15) is 8.42 Å². The van der Waals surface area contributed by atoms with Crippen LogP contribution in [0.25, 0.3) is 0 Å². The third kappa shape index (κ3) is 3.06. The van der Waals surface area contributed by atoms with Crippen LogP contribution >= 0.6 is 0 Å². The van der Waals surface area contributed by atoms with E-state index in [2.05, 4.69) is 15.5 Å². The van der Waals surface area contributed by atoms with E-state index in [1.807, 2.05) is 12.1 Å². The molecule has 7 nitrogen and oxygen atoms in total. The fourth-order valence-electron chi connectivity index (χ4n) is 2.31. The van der Waals surface area contributed by atoms with Gasteiger partial charge in [0.05, 0.1) is 18.5 Å². The zero-order valence-corrected chi connectivity index (χ0v) is 12.4. The number of rotatable bonds is 4. The van der Waals surface area contributed by atoms with Gasteiger partial charge in [-0.3, -0.25) is 4.98 Å². The number of nitrogens with zero attached hydrogens (tertiary/aromatic N) is 3. The lowest BCUT2D eigenvalue weighted by Gasteiger charge is -2.23. The summed E-state index contributed by atoms with van der Waals surface area (Å²) in [5, 5.41) is 7.25. The second-order valence-electron chi connectivity index (χ2n) is 4.97. The number of anilines is 1. The molecule has 8 heteroatoms. The number of hydrogen-bond donors (Lipinski definition) is 1. The molecule has 1 aliphatic rings. The SMILES string of the molecule is CS(=O)(=O)N1CCc2onc(CNc3cccnc3)c2C1. The second kappa shape index (κ2) is 5.45. The average Bonchev–Trinajstić information content (AvgIpc) is 2.87. The Balaban J connectivity index is 1.76.